The highest BCUT2D eigenvalue weighted by atomic mass is 35.5. The molecule has 0 N–H and O–H groups in total. The van der Waals surface area contributed by atoms with Crippen molar-refractivity contribution in [3.8, 4) is 17.1 Å². The first-order chi connectivity index (χ1) is 13.6. The molecule has 2 aromatic carbocycles. The number of thioether (sulfide) groups is 1. The van der Waals surface area contributed by atoms with Crippen molar-refractivity contribution in [2.45, 2.75) is 17.8 Å². The van der Waals surface area contributed by atoms with Gasteiger partial charge in [-0.3, -0.25) is 9.55 Å². The van der Waals surface area contributed by atoms with Gasteiger partial charge in [0.05, 0.1) is 5.69 Å². The molecule has 0 saturated heterocycles. The Morgan fingerprint density at radius 2 is 1.86 bits per heavy atom. The van der Waals surface area contributed by atoms with Crippen LogP contribution in [-0.4, -0.2) is 19.7 Å². The minimum atomic E-state index is 0.626. The van der Waals surface area contributed by atoms with E-state index in [2.05, 4.69) is 38.8 Å². The van der Waals surface area contributed by atoms with Crippen LogP contribution in [0.25, 0.3) is 17.1 Å². The molecule has 4 nitrogen and oxygen atoms in total. The predicted molar refractivity (Wildman–Crippen MR) is 115 cm³/mol. The molecule has 0 saturated carbocycles. The van der Waals surface area contributed by atoms with Gasteiger partial charge < -0.3 is 0 Å². The highest BCUT2D eigenvalue weighted by Gasteiger charge is 2.18. The number of aryl methyl sites for hydroxylation is 1. The molecule has 140 valence electrons. The maximum Gasteiger partial charge on any atom is 0.196 e. The minimum Gasteiger partial charge on any atom is -0.270 e. The smallest absolute Gasteiger partial charge is 0.196 e. The average Bonchev–Trinajstić information content (AvgIpc) is 3.12. The monoisotopic (exact) mass is 426 g/mol. The fourth-order valence-electron chi connectivity index (χ4n) is 2.86. The molecule has 0 atom stereocenters. The summed E-state index contributed by atoms with van der Waals surface area (Å²) in [7, 11) is 0. The Labute approximate surface area is 177 Å². The van der Waals surface area contributed by atoms with Gasteiger partial charge in [0.2, 0.25) is 0 Å². The summed E-state index contributed by atoms with van der Waals surface area (Å²) in [5.74, 6) is 1.42. The van der Waals surface area contributed by atoms with Gasteiger partial charge in [0.1, 0.15) is 0 Å². The van der Waals surface area contributed by atoms with E-state index < -0.39 is 0 Å². The highest BCUT2D eigenvalue weighted by molar-refractivity contribution is 7.98. The van der Waals surface area contributed by atoms with Crippen LogP contribution in [0.2, 0.25) is 10.0 Å². The molecule has 4 rings (SSSR count). The van der Waals surface area contributed by atoms with Crippen molar-refractivity contribution in [1.82, 2.24) is 19.7 Å². The predicted octanol–water partition coefficient (Wildman–Crippen LogP) is 6.24. The van der Waals surface area contributed by atoms with Gasteiger partial charge in [-0.2, -0.15) is 0 Å². The number of aromatic nitrogens is 4. The van der Waals surface area contributed by atoms with Gasteiger partial charge in [0, 0.05) is 33.8 Å². The molecular formula is C21H16Cl2N4S. The lowest BCUT2D eigenvalue weighted by Crippen LogP contribution is -2.02. The lowest BCUT2D eigenvalue weighted by molar-refractivity contribution is 0.880. The molecule has 28 heavy (non-hydrogen) atoms. The van der Waals surface area contributed by atoms with Crippen molar-refractivity contribution in [3.63, 3.8) is 0 Å². The normalized spacial score (nSPS) is 11.0. The van der Waals surface area contributed by atoms with Gasteiger partial charge in [-0.25, -0.2) is 0 Å². The van der Waals surface area contributed by atoms with E-state index in [-0.39, 0.29) is 0 Å². The molecule has 0 bridgehead atoms. The summed E-state index contributed by atoms with van der Waals surface area (Å²) in [5.41, 5.74) is 4.09. The zero-order valence-corrected chi connectivity index (χ0v) is 17.3. The summed E-state index contributed by atoms with van der Waals surface area (Å²) in [6.45, 7) is 2.08. The van der Waals surface area contributed by atoms with Crippen molar-refractivity contribution in [2.24, 2.45) is 0 Å². The molecule has 7 heteroatoms. The number of hydrogen-bond donors (Lipinski definition) is 0. The summed E-state index contributed by atoms with van der Waals surface area (Å²) in [4.78, 5) is 4.22. The van der Waals surface area contributed by atoms with Crippen LogP contribution in [-0.2, 0) is 5.75 Å². The molecule has 0 unspecified atom stereocenters. The van der Waals surface area contributed by atoms with Crippen LogP contribution in [0, 0.1) is 6.92 Å². The number of nitrogens with zero attached hydrogens (tertiary/aromatic N) is 4. The molecule has 0 aliphatic rings. The van der Waals surface area contributed by atoms with E-state index in [1.807, 2.05) is 36.4 Å². The molecule has 0 spiro atoms. The Hall–Kier alpha value is -2.34. The van der Waals surface area contributed by atoms with Gasteiger partial charge in [-0.05, 0) is 48.4 Å². The van der Waals surface area contributed by atoms with Crippen LogP contribution >= 0.6 is 35.0 Å². The molecule has 2 aromatic heterocycles. The maximum absolute atomic E-state index is 6.33. The average molecular weight is 427 g/mol. The Morgan fingerprint density at radius 1 is 1.00 bits per heavy atom. The first-order valence-corrected chi connectivity index (χ1v) is 10.4. The molecule has 2 heterocycles. The van der Waals surface area contributed by atoms with E-state index in [0.29, 0.717) is 15.8 Å². The third-order valence-corrected chi connectivity index (χ3v) is 5.85. The van der Waals surface area contributed by atoms with E-state index >= 15 is 0 Å². The number of rotatable bonds is 5. The molecule has 0 amide bonds. The van der Waals surface area contributed by atoms with Crippen LogP contribution in [0.15, 0.2) is 72.1 Å². The van der Waals surface area contributed by atoms with Crippen molar-refractivity contribution >= 4 is 35.0 Å². The van der Waals surface area contributed by atoms with Gasteiger partial charge in [-0.15, -0.1) is 10.2 Å². The second-order valence-electron chi connectivity index (χ2n) is 6.19. The van der Waals surface area contributed by atoms with Crippen molar-refractivity contribution in [1.29, 1.82) is 0 Å². The molecule has 4 aromatic rings. The second-order valence-corrected chi connectivity index (χ2v) is 7.98. The number of para-hydroxylation sites is 1. The van der Waals surface area contributed by atoms with E-state index in [0.717, 1.165) is 33.4 Å². The van der Waals surface area contributed by atoms with E-state index in [1.165, 1.54) is 0 Å². The Bertz CT molecular complexity index is 1110. The number of halogens is 2. The summed E-state index contributed by atoms with van der Waals surface area (Å²) in [6, 6.07) is 17.6. The Balaban J connectivity index is 1.75. The lowest BCUT2D eigenvalue weighted by Gasteiger charge is -2.13. The molecule has 0 aliphatic carbocycles. The zero-order chi connectivity index (χ0) is 19.5. The minimum absolute atomic E-state index is 0.626. The largest absolute Gasteiger partial charge is 0.270 e. The van der Waals surface area contributed by atoms with Gasteiger partial charge in [0.25, 0.3) is 0 Å². The zero-order valence-electron chi connectivity index (χ0n) is 15.0. The highest BCUT2D eigenvalue weighted by Crippen LogP contribution is 2.32. The van der Waals surface area contributed by atoms with Gasteiger partial charge >= 0.3 is 0 Å². The standard InChI is InChI=1S/C21H16Cl2N4S/c1-14-5-2-3-7-19(14)27-20(15-6-4-10-24-12-15)25-26-21(27)28-13-16-8-9-17(22)11-18(16)23/h2-12H,13H2,1H3. The fourth-order valence-corrected chi connectivity index (χ4v) is 4.36. The first kappa shape index (κ1) is 19.0. The third kappa shape index (κ3) is 3.92. The number of benzene rings is 2. The van der Waals surface area contributed by atoms with Crippen LogP contribution in [0.3, 0.4) is 0 Å². The second kappa shape index (κ2) is 8.35. The maximum atomic E-state index is 6.33. The quantitative estimate of drug-likeness (QED) is 0.354. The number of pyridine rings is 1. The molecule has 0 fully saturated rings. The van der Waals surface area contributed by atoms with E-state index in [1.54, 1.807) is 30.2 Å². The van der Waals surface area contributed by atoms with E-state index in [4.69, 9.17) is 23.2 Å². The van der Waals surface area contributed by atoms with Crippen molar-refractivity contribution < 1.29 is 0 Å². The molecular weight excluding hydrogens is 411 g/mol. The number of hydrogen-bond acceptors (Lipinski definition) is 4. The van der Waals surface area contributed by atoms with Crippen LogP contribution in [0.5, 0.6) is 0 Å². The lowest BCUT2D eigenvalue weighted by atomic mass is 10.2. The topological polar surface area (TPSA) is 43.6 Å². The van der Waals surface area contributed by atoms with Gasteiger partial charge in [0.15, 0.2) is 11.0 Å². The van der Waals surface area contributed by atoms with E-state index in [9.17, 15) is 0 Å². The summed E-state index contributed by atoms with van der Waals surface area (Å²) in [5, 5.41) is 11.0. The Kier molecular flexibility index (Phi) is 5.67. The van der Waals surface area contributed by atoms with Crippen molar-refractivity contribution in [3.05, 3.63) is 88.2 Å². The summed E-state index contributed by atoms with van der Waals surface area (Å²) < 4.78 is 2.07. The first-order valence-electron chi connectivity index (χ1n) is 8.62. The SMILES string of the molecule is Cc1ccccc1-n1c(SCc2ccc(Cl)cc2Cl)nnc1-c1cccnc1. The summed E-state index contributed by atoms with van der Waals surface area (Å²) in [6.07, 6.45) is 3.54. The Morgan fingerprint density at radius 3 is 2.61 bits per heavy atom. The van der Waals surface area contributed by atoms with Crippen LogP contribution in [0.4, 0.5) is 0 Å². The third-order valence-electron chi connectivity index (χ3n) is 4.28. The van der Waals surface area contributed by atoms with Crippen molar-refractivity contribution in [2.75, 3.05) is 0 Å². The summed E-state index contributed by atoms with van der Waals surface area (Å²) >= 11 is 13.9. The van der Waals surface area contributed by atoms with Gasteiger partial charge in [-0.1, -0.05) is 59.2 Å². The van der Waals surface area contributed by atoms with Crippen LogP contribution < -0.4 is 0 Å². The fraction of sp³-hybridized carbons (Fsp3) is 0.0952. The molecule has 0 radical (unpaired) electrons. The van der Waals surface area contributed by atoms with Crippen LogP contribution in [0.1, 0.15) is 11.1 Å². The molecule has 0 aliphatic heterocycles.